The van der Waals surface area contributed by atoms with Crippen molar-refractivity contribution in [2.24, 2.45) is 0 Å². The van der Waals surface area contributed by atoms with E-state index >= 15 is 0 Å². The molecule has 2 heterocycles. The number of ketones is 1. The van der Waals surface area contributed by atoms with Crippen LogP contribution >= 0.6 is 0 Å². The summed E-state index contributed by atoms with van der Waals surface area (Å²) in [7, 11) is 0. The van der Waals surface area contributed by atoms with Crippen molar-refractivity contribution >= 4 is 17.4 Å². The van der Waals surface area contributed by atoms with E-state index in [0.29, 0.717) is 23.4 Å². The lowest BCUT2D eigenvalue weighted by Crippen LogP contribution is -2.21. The zero-order chi connectivity index (χ0) is 18.5. The standard InChI is InChI=1S/C18H17N3O5/c1-2-4-16(23)19-13-8-6-12(7-9-13)14(22)11-21-18(24)26-17(20-21)15-5-3-10-25-15/h3,5-10H,2,4,11H2,1H3,(H,19,23). The summed E-state index contributed by atoms with van der Waals surface area (Å²) in [5.41, 5.74) is 1.01. The van der Waals surface area contributed by atoms with Crippen molar-refractivity contribution < 1.29 is 18.4 Å². The number of hydrogen-bond donors (Lipinski definition) is 1. The van der Waals surface area contributed by atoms with Gasteiger partial charge in [0.25, 0.3) is 5.89 Å². The van der Waals surface area contributed by atoms with E-state index in [2.05, 4.69) is 10.4 Å². The minimum Gasteiger partial charge on any atom is -0.459 e. The molecule has 8 nitrogen and oxygen atoms in total. The maximum absolute atomic E-state index is 12.3. The zero-order valence-electron chi connectivity index (χ0n) is 14.1. The van der Waals surface area contributed by atoms with Crippen LogP contribution in [0.25, 0.3) is 11.7 Å². The molecule has 0 aliphatic heterocycles. The van der Waals surface area contributed by atoms with Gasteiger partial charge in [-0.05, 0) is 42.8 Å². The first-order chi connectivity index (χ1) is 12.6. The Morgan fingerprint density at radius 2 is 1.96 bits per heavy atom. The van der Waals surface area contributed by atoms with E-state index in [0.717, 1.165) is 11.1 Å². The molecule has 0 saturated heterocycles. The number of anilines is 1. The molecule has 0 bridgehead atoms. The van der Waals surface area contributed by atoms with Crippen molar-refractivity contribution in [3.63, 3.8) is 0 Å². The van der Waals surface area contributed by atoms with Crippen molar-refractivity contribution in [3.05, 3.63) is 58.8 Å². The van der Waals surface area contributed by atoms with Gasteiger partial charge in [0.1, 0.15) is 6.54 Å². The zero-order valence-corrected chi connectivity index (χ0v) is 14.1. The molecule has 2 aromatic heterocycles. The fourth-order valence-electron chi connectivity index (χ4n) is 2.32. The SMILES string of the molecule is CCCC(=O)Nc1ccc(C(=O)Cn2nc(-c3ccco3)oc2=O)cc1. The highest BCUT2D eigenvalue weighted by Crippen LogP contribution is 2.15. The molecule has 0 aliphatic carbocycles. The van der Waals surface area contributed by atoms with E-state index in [1.807, 2.05) is 6.92 Å². The number of nitrogens with one attached hydrogen (secondary N) is 1. The van der Waals surface area contributed by atoms with Gasteiger partial charge in [0, 0.05) is 17.7 Å². The Labute approximate surface area is 148 Å². The smallest absolute Gasteiger partial charge is 0.437 e. The number of nitrogens with zero attached hydrogens (tertiary/aromatic N) is 2. The van der Waals surface area contributed by atoms with Crippen LogP contribution in [0.1, 0.15) is 30.1 Å². The van der Waals surface area contributed by atoms with Gasteiger partial charge in [-0.15, -0.1) is 5.10 Å². The number of benzene rings is 1. The Morgan fingerprint density at radius 3 is 2.62 bits per heavy atom. The van der Waals surface area contributed by atoms with E-state index in [-0.39, 0.29) is 24.1 Å². The molecule has 3 aromatic rings. The number of carbonyl (C=O) groups excluding carboxylic acids is 2. The predicted molar refractivity (Wildman–Crippen MR) is 92.8 cm³/mol. The van der Waals surface area contributed by atoms with Gasteiger partial charge < -0.3 is 14.2 Å². The molecule has 1 aromatic carbocycles. The molecular weight excluding hydrogens is 338 g/mol. The van der Waals surface area contributed by atoms with Crippen LogP contribution in [0.3, 0.4) is 0 Å². The van der Waals surface area contributed by atoms with Gasteiger partial charge in [-0.2, -0.15) is 4.68 Å². The second-order valence-electron chi connectivity index (χ2n) is 5.61. The van der Waals surface area contributed by atoms with Crippen LogP contribution in [0, 0.1) is 0 Å². The number of rotatable bonds is 7. The second kappa shape index (κ2) is 7.64. The van der Waals surface area contributed by atoms with Crippen molar-refractivity contribution in [1.29, 1.82) is 0 Å². The Hall–Kier alpha value is -3.42. The molecule has 3 rings (SSSR count). The van der Waals surface area contributed by atoms with Crippen molar-refractivity contribution in [1.82, 2.24) is 9.78 Å². The fraction of sp³-hybridized carbons (Fsp3) is 0.222. The van der Waals surface area contributed by atoms with Crippen molar-refractivity contribution in [2.75, 3.05) is 5.32 Å². The average Bonchev–Trinajstić information content (AvgIpc) is 3.26. The minimum atomic E-state index is -0.742. The fourth-order valence-corrected chi connectivity index (χ4v) is 2.32. The molecule has 0 saturated carbocycles. The second-order valence-corrected chi connectivity index (χ2v) is 5.61. The quantitative estimate of drug-likeness (QED) is 0.653. The Morgan fingerprint density at radius 1 is 1.19 bits per heavy atom. The summed E-state index contributed by atoms with van der Waals surface area (Å²) in [5, 5.41) is 6.70. The van der Waals surface area contributed by atoms with Crippen LogP contribution in [-0.4, -0.2) is 21.5 Å². The number of furan rings is 1. The molecule has 1 N–H and O–H groups in total. The summed E-state index contributed by atoms with van der Waals surface area (Å²) in [5.74, 6) is -0.806. The molecular formula is C18H17N3O5. The molecule has 0 spiro atoms. The van der Waals surface area contributed by atoms with E-state index in [1.54, 1.807) is 36.4 Å². The lowest BCUT2D eigenvalue weighted by molar-refractivity contribution is -0.116. The number of Topliss-reactive ketones (excluding diaryl/α,β-unsaturated/α-hetero) is 1. The molecule has 134 valence electrons. The summed E-state index contributed by atoms with van der Waals surface area (Å²) in [6.45, 7) is 1.66. The van der Waals surface area contributed by atoms with Gasteiger partial charge in [-0.3, -0.25) is 9.59 Å². The first-order valence-corrected chi connectivity index (χ1v) is 8.11. The summed E-state index contributed by atoms with van der Waals surface area (Å²) < 4.78 is 11.0. The summed E-state index contributed by atoms with van der Waals surface area (Å²) in [6.07, 6.45) is 2.63. The van der Waals surface area contributed by atoms with E-state index in [1.165, 1.54) is 6.26 Å². The van der Waals surface area contributed by atoms with Gasteiger partial charge >= 0.3 is 5.76 Å². The van der Waals surface area contributed by atoms with Gasteiger partial charge in [-0.25, -0.2) is 4.79 Å². The molecule has 0 unspecified atom stereocenters. The lowest BCUT2D eigenvalue weighted by Gasteiger charge is -2.05. The maximum Gasteiger partial charge on any atom is 0.437 e. The van der Waals surface area contributed by atoms with Crippen LogP contribution in [0.4, 0.5) is 5.69 Å². The predicted octanol–water partition coefficient (Wildman–Crippen LogP) is 2.72. The van der Waals surface area contributed by atoms with Crippen LogP contribution in [0.5, 0.6) is 0 Å². The van der Waals surface area contributed by atoms with Crippen molar-refractivity contribution in [2.45, 2.75) is 26.3 Å². The van der Waals surface area contributed by atoms with Crippen LogP contribution in [0.2, 0.25) is 0 Å². The van der Waals surface area contributed by atoms with Crippen molar-refractivity contribution in [3.8, 4) is 11.7 Å². The van der Waals surface area contributed by atoms with E-state index in [9.17, 15) is 14.4 Å². The summed E-state index contributed by atoms with van der Waals surface area (Å²) >= 11 is 0. The first kappa shape index (κ1) is 17.4. The highest BCUT2D eigenvalue weighted by atomic mass is 16.4. The van der Waals surface area contributed by atoms with E-state index in [4.69, 9.17) is 8.83 Å². The third-order valence-corrected chi connectivity index (χ3v) is 3.60. The number of amides is 1. The Kier molecular flexibility index (Phi) is 5.12. The monoisotopic (exact) mass is 355 g/mol. The van der Waals surface area contributed by atoms with E-state index < -0.39 is 5.76 Å². The lowest BCUT2D eigenvalue weighted by atomic mass is 10.1. The molecule has 0 fully saturated rings. The minimum absolute atomic E-state index is 0.0155. The average molecular weight is 355 g/mol. The molecule has 8 heteroatoms. The van der Waals surface area contributed by atoms with Crippen LogP contribution in [-0.2, 0) is 11.3 Å². The van der Waals surface area contributed by atoms with Gasteiger partial charge in [0.05, 0.1) is 6.26 Å². The third-order valence-electron chi connectivity index (χ3n) is 3.60. The molecule has 1 amide bonds. The maximum atomic E-state index is 12.3. The first-order valence-electron chi connectivity index (χ1n) is 8.11. The normalized spacial score (nSPS) is 10.7. The topological polar surface area (TPSA) is 107 Å². The summed E-state index contributed by atoms with van der Waals surface area (Å²) in [6, 6.07) is 9.69. The molecule has 0 aliphatic rings. The van der Waals surface area contributed by atoms with Crippen LogP contribution in [0.15, 0.2) is 56.3 Å². The highest BCUT2D eigenvalue weighted by Gasteiger charge is 2.16. The van der Waals surface area contributed by atoms with Crippen LogP contribution < -0.4 is 11.1 Å². The molecule has 0 radical (unpaired) electrons. The Balaban J connectivity index is 1.68. The largest absolute Gasteiger partial charge is 0.459 e. The molecule has 26 heavy (non-hydrogen) atoms. The third kappa shape index (κ3) is 3.97. The Bertz CT molecular complexity index is 952. The summed E-state index contributed by atoms with van der Waals surface area (Å²) in [4.78, 5) is 35.7. The number of aromatic nitrogens is 2. The number of hydrogen-bond acceptors (Lipinski definition) is 6. The highest BCUT2D eigenvalue weighted by molar-refractivity contribution is 5.97. The number of carbonyl (C=O) groups is 2. The van der Waals surface area contributed by atoms with Gasteiger partial charge in [-0.1, -0.05) is 6.92 Å². The van der Waals surface area contributed by atoms with Gasteiger partial charge in [0.2, 0.25) is 5.91 Å². The molecule has 0 atom stereocenters. The van der Waals surface area contributed by atoms with Gasteiger partial charge in [0.15, 0.2) is 11.5 Å².